The molecule has 1 amide bonds. The molecule has 0 aromatic heterocycles. The van der Waals surface area contributed by atoms with Crippen LogP contribution in [0.4, 0.5) is 0 Å². The largest absolute Gasteiger partial charge is 0.356 e. The maximum absolute atomic E-state index is 11.9. The third kappa shape index (κ3) is 5.33. The summed E-state index contributed by atoms with van der Waals surface area (Å²) in [6, 6.07) is 8.66. The Kier molecular flexibility index (Phi) is 7.20. The first-order chi connectivity index (χ1) is 9.56. The van der Waals surface area contributed by atoms with Crippen molar-refractivity contribution in [2.45, 2.75) is 39.0 Å². The lowest BCUT2D eigenvalue weighted by Gasteiger charge is -2.27. The predicted octanol–water partition coefficient (Wildman–Crippen LogP) is 3.06. The van der Waals surface area contributed by atoms with Crippen molar-refractivity contribution in [3.05, 3.63) is 35.4 Å². The lowest BCUT2D eigenvalue weighted by Crippen LogP contribution is -2.48. The van der Waals surface area contributed by atoms with Gasteiger partial charge in [0.2, 0.25) is 5.91 Å². The van der Waals surface area contributed by atoms with Gasteiger partial charge in [0, 0.05) is 32.0 Å². The van der Waals surface area contributed by atoms with E-state index >= 15 is 0 Å². The molecule has 1 fully saturated rings. The van der Waals surface area contributed by atoms with Gasteiger partial charge in [-0.05, 0) is 23.0 Å². The predicted molar refractivity (Wildman–Crippen MR) is 90.2 cm³/mol. The molecule has 0 radical (unpaired) electrons. The highest BCUT2D eigenvalue weighted by molar-refractivity contribution is 5.85. The van der Waals surface area contributed by atoms with Crippen molar-refractivity contribution in [3.63, 3.8) is 0 Å². The van der Waals surface area contributed by atoms with Gasteiger partial charge >= 0.3 is 0 Å². The maximum Gasteiger partial charge on any atom is 0.220 e. The molecule has 1 atom stereocenters. The Balaban J connectivity index is 0.00000220. The fourth-order valence-electron chi connectivity index (χ4n) is 2.43. The van der Waals surface area contributed by atoms with Gasteiger partial charge in [0.05, 0.1) is 0 Å². The number of rotatable bonds is 6. The zero-order valence-corrected chi connectivity index (χ0v) is 14.0. The maximum atomic E-state index is 11.9. The summed E-state index contributed by atoms with van der Waals surface area (Å²) in [5, 5.41) is 6.25. The van der Waals surface area contributed by atoms with Crippen LogP contribution in [0.15, 0.2) is 24.3 Å². The van der Waals surface area contributed by atoms with E-state index in [1.54, 1.807) is 0 Å². The van der Waals surface area contributed by atoms with E-state index in [9.17, 15) is 4.79 Å². The van der Waals surface area contributed by atoms with Crippen molar-refractivity contribution in [2.24, 2.45) is 5.92 Å². The monoisotopic (exact) mass is 310 g/mol. The molecule has 1 aromatic carbocycles. The molecule has 1 aliphatic rings. The van der Waals surface area contributed by atoms with E-state index in [1.807, 2.05) is 0 Å². The van der Waals surface area contributed by atoms with Gasteiger partial charge in [0.25, 0.3) is 0 Å². The van der Waals surface area contributed by atoms with Crippen molar-refractivity contribution in [1.82, 2.24) is 10.6 Å². The van der Waals surface area contributed by atoms with Crippen molar-refractivity contribution >= 4 is 18.3 Å². The number of halogens is 1. The van der Waals surface area contributed by atoms with E-state index < -0.39 is 0 Å². The van der Waals surface area contributed by atoms with Crippen LogP contribution in [0, 0.1) is 5.92 Å². The fraction of sp³-hybridized carbons (Fsp3) is 0.588. The number of hydrogen-bond acceptors (Lipinski definition) is 2. The third-order valence-corrected chi connectivity index (χ3v) is 4.12. The van der Waals surface area contributed by atoms with Crippen LogP contribution >= 0.6 is 12.4 Å². The van der Waals surface area contributed by atoms with Gasteiger partial charge in [-0.3, -0.25) is 4.79 Å². The summed E-state index contributed by atoms with van der Waals surface area (Å²) in [7, 11) is 0. The lowest BCUT2D eigenvalue weighted by atomic mass is 9.94. The molecular formula is C17H27ClN2O. The fourth-order valence-corrected chi connectivity index (χ4v) is 2.43. The van der Waals surface area contributed by atoms with Gasteiger partial charge < -0.3 is 10.6 Å². The minimum atomic E-state index is 0. The minimum absolute atomic E-state index is 0. The summed E-state index contributed by atoms with van der Waals surface area (Å²) in [5.74, 6) is 1.62. The summed E-state index contributed by atoms with van der Waals surface area (Å²) in [4.78, 5) is 11.9. The van der Waals surface area contributed by atoms with Crippen LogP contribution in [0.5, 0.6) is 0 Å². The Bertz CT molecular complexity index is 441. The molecule has 1 heterocycles. The van der Waals surface area contributed by atoms with Gasteiger partial charge in [0.15, 0.2) is 0 Å². The third-order valence-electron chi connectivity index (χ3n) is 4.12. The van der Waals surface area contributed by atoms with Crippen molar-refractivity contribution in [3.8, 4) is 0 Å². The number of hydrogen-bond donors (Lipinski definition) is 2. The molecule has 0 bridgehead atoms. The number of nitrogens with one attached hydrogen (secondary N) is 2. The molecule has 3 nitrogen and oxygen atoms in total. The molecule has 2 N–H and O–H groups in total. The second-order valence-corrected chi connectivity index (χ2v) is 6.25. The number of carbonyl (C=O) groups is 1. The molecule has 0 spiro atoms. The van der Waals surface area contributed by atoms with Crippen molar-refractivity contribution in [1.29, 1.82) is 0 Å². The van der Waals surface area contributed by atoms with E-state index in [4.69, 9.17) is 0 Å². The molecule has 1 unspecified atom stereocenters. The molecule has 0 aliphatic carbocycles. The Morgan fingerprint density at radius 2 is 1.76 bits per heavy atom. The van der Waals surface area contributed by atoms with E-state index in [1.165, 1.54) is 11.1 Å². The van der Waals surface area contributed by atoms with Crippen LogP contribution in [0.2, 0.25) is 0 Å². The molecule has 1 saturated heterocycles. The Morgan fingerprint density at radius 1 is 1.19 bits per heavy atom. The summed E-state index contributed by atoms with van der Waals surface area (Å²) in [6.45, 7) is 9.39. The van der Waals surface area contributed by atoms with Crippen LogP contribution in [0.3, 0.4) is 0 Å². The van der Waals surface area contributed by atoms with E-state index in [0.717, 1.165) is 19.6 Å². The van der Waals surface area contributed by atoms with Crippen LogP contribution in [0.25, 0.3) is 0 Å². The quantitative estimate of drug-likeness (QED) is 0.848. The molecule has 1 aromatic rings. The van der Waals surface area contributed by atoms with Crippen LogP contribution in [-0.2, 0) is 4.79 Å². The highest BCUT2D eigenvalue weighted by atomic mass is 35.5. The van der Waals surface area contributed by atoms with Crippen LogP contribution in [-0.4, -0.2) is 25.5 Å². The summed E-state index contributed by atoms with van der Waals surface area (Å²) < 4.78 is 0. The molecule has 0 saturated carbocycles. The van der Waals surface area contributed by atoms with Gasteiger partial charge in [-0.15, -0.1) is 12.4 Å². The van der Waals surface area contributed by atoms with E-state index in [2.05, 4.69) is 55.7 Å². The average Bonchev–Trinajstić information content (AvgIpc) is 2.37. The van der Waals surface area contributed by atoms with Gasteiger partial charge in [-0.2, -0.15) is 0 Å². The zero-order chi connectivity index (χ0) is 14.5. The first kappa shape index (κ1) is 18.0. The first-order valence-electron chi connectivity index (χ1n) is 7.63. The highest BCUT2D eigenvalue weighted by Gasteiger charge is 2.18. The molecule has 4 heteroatoms. The lowest BCUT2D eigenvalue weighted by molar-refractivity contribution is -0.121. The van der Waals surface area contributed by atoms with Crippen LogP contribution < -0.4 is 10.6 Å². The summed E-state index contributed by atoms with van der Waals surface area (Å²) in [5.41, 5.74) is 2.60. The van der Waals surface area contributed by atoms with E-state index in [0.29, 0.717) is 18.3 Å². The molecule has 118 valence electrons. The smallest absolute Gasteiger partial charge is 0.220 e. The standard InChI is InChI=1S/C17H26N2O.ClH/c1-12(2)15-4-6-16(7-5-15)13(3)8-17(20)19-11-14-9-18-10-14;/h4-7,12-14,18H,8-11H2,1-3H3,(H,19,20);1H. The topological polar surface area (TPSA) is 41.1 Å². The minimum Gasteiger partial charge on any atom is -0.356 e. The summed E-state index contributed by atoms with van der Waals surface area (Å²) in [6.07, 6.45) is 0.571. The first-order valence-corrected chi connectivity index (χ1v) is 7.63. The second kappa shape index (κ2) is 8.40. The molecule has 2 rings (SSSR count). The highest BCUT2D eigenvalue weighted by Crippen LogP contribution is 2.22. The Labute approximate surface area is 134 Å². The van der Waals surface area contributed by atoms with Gasteiger partial charge in [0.1, 0.15) is 0 Å². The van der Waals surface area contributed by atoms with E-state index in [-0.39, 0.29) is 24.2 Å². The molecular weight excluding hydrogens is 284 g/mol. The Morgan fingerprint density at radius 3 is 2.24 bits per heavy atom. The van der Waals surface area contributed by atoms with Crippen LogP contribution in [0.1, 0.15) is 50.2 Å². The second-order valence-electron chi connectivity index (χ2n) is 6.25. The number of amides is 1. The normalized spacial score (nSPS) is 16.0. The SMILES string of the molecule is CC(C)c1ccc(C(C)CC(=O)NCC2CNC2)cc1.Cl. The number of benzene rings is 1. The van der Waals surface area contributed by atoms with Gasteiger partial charge in [-0.1, -0.05) is 45.0 Å². The van der Waals surface area contributed by atoms with Crippen molar-refractivity contribution in [2.75, 3.05) is 19.6 Å². The molecule has 21 heavy (non-hydrogen) atoms. The summed E-state index contributed by atoms with van der Waals surface area (Å²) >= 11 is 0. The zero-order valence-electron chi connectivity index (χ0n) is 13.2. The van der Waals surface area contributed by atoms with Crippen molar-refractivity contribution < 1.29 is 4.79 Å². The van der Waals surface area contributed by atoms with Gasteiger partial charge in [-0.25, -0.2) is 0 Å². The average molecular weight is 311 g/mol. The Hall–Kier alpha value is -1.06. The number of carbonyl (C=O) groups excluding carboxylic acids is 1. The molecule has 1 aliphatic heterocycles.